The highest BCUT2D eigenvalue weighted by Gasteiger charge is 2.44. The maximum Gasteiger partial charge on any atom is 0.220 e. The van der Waals surface area contributed by atoms with Crippen molar-refractivity contribution < 1.29 is 39.8 Å². The smallest absolute Gasteiger partial charge is 0.220 e. The average molecular weight is 852 g/mol. The molecule has 7 atom stereocenters. The molecule has 0 aromatic heterocycles. The Morgan fingerprint density at radius 1 is 0.550 bits per heavy atom. The number of nitrogens with one attached hydrogen (secondary N) is 1. The number of aliphatic hydroxyl groups is 5. The van der Waals surface area contributed by atoms with Crippen LogP contribution < -0.4 is 5.32 Å². The van der Waals surface area contributed by atoms with Crippen molar-refractivity contribution in [2.24, 2.45) is 0 Å². The summed E-state index contributed by atoms with van der Waals surface area (Å²) in [6.07, 6.45) is 43.6. The third kappa shape index (κ3) is 31.5. The number of allylic oxidation sites excluding steroid dienone is 3. The van der Waals surface area contributed by atoms with E-state index in [-0.39, 0.29) is 12.5 Å². The van der Waals surface area contributed by atoms with Gasteiger partial charge in [-0.3, -0.25) is 4.79 Å². The molecule has 0 spiro atoms. The van der Waals surface area contributed by atoms with Gasteiger partial charge >= 0.3 is 0 Å². The van der Waals surface area contributed by atoms with Crippen molar-refractivity contribution in [3.05, 3.63) is 24.3 Å². The number of unbranched alkanes of at least 4 members (excludes halogenated alkanes) is 31. The van der Waals surface area contributed by atoms with Gasteiger partial charge in [-0.15, -0.1) is 0 Å². The molecule has 9 heteroatoms. The first-order valence-corrected chi connectivity index (χ1v) is 25.6. The number of carbonyl (C=O) groups is 1. The van der Waals surface area contributed by atoms with Gasteiger partial charge in [0.15, 0.2) is 6.29 Å². The fourth-order valence-corrected chi connectivity index (χ4v) is 8.15. The van der Waals surface area contributed by atoms with Crippen LogP contribution in [0.25, 0.3) is 0 Å². The Kier molecular flexibility index (Phi) is 39.4. The molecule has 60 heavy (non-hydrogen) atoms. The summed E-state index contributed by atoms with van der Waals surface area (Å²) in [4.78, 5) is 13.0. The molecule has 6 N–H and O–H groups in total. The first-order valence-electron chi connectivity index (χ1n) is 25.6. The Morgan fingerprint density at radius 2 is 0.933 bits per heavy atom. The van der Waals surface area contributed by atoms with Crippen LogP contribution in [0.3, 0.4) is 0 Å². The van der Waals surface area contributed by atoms with Crippen LogP contribution in [-0.4, -0.2) is 87.5 Å². The second kappa shape index (κ2) is 41.7. The summed E-state index contributed by atoms with van der Waals surface area (Å²) in [6, 6.07) is -0.804. The fourth-order valence-electron chi connectivity index (χ4n) is 8.15. The van der Waals surface area contributed by atoms with E-state index in [1.165, 1.54) is 173 Å². The predicted octanol–water partition coefficient (Wildman–Crippen LogP) is 11.5. The average Bonchev–Trinajstić information content (AvgIpc) is 3.25. The zero-order valence-electron chi connectivity index (χ0n) is 39.0. The van der Waals surface area contributed by atoms with Gasteiger partial charge in [-0.1, -0.05) is 212 Å². The van der Waals surface area contributed by atoms with E-state index < -0.39 is 49.5 Å². The quantitative estimate of drug-likeness (QED) is 0.0262. The molecule has 0 aromatic rings. The number of hydrogen-bond donors (Lipinski definition) is 6. The van der Waals surface area contributed by atoms with Crippen LogP contribution in [0.2, 0.25) is 0 Å². The van der Waals surface area contributed by atoms with Crippen LogP contribution in [0.1, 0.15) is 239 Å². The molecule has 1 amide bonds. The van der Waals surface area contributed by atoms with Gasteiger partial charge in [0.05, 0.1) is 25.4 Å². The predicted molar refractivity (Wildman–Crippen MR) is 249 cm³/mol. The molecule has 9 nitrogen and oxygen atoms in total. The van der Waals surface area contributed by atoms with Gasteiger partial charge in [-0.05, 0) is 44.9 Å². The van der Waals surface area contributed by atoms with Crippen molar-refractivity contribution in [1.29, 1.82) is 0 Å². The van der Waals surface area contributed by atoms with Crippen LogP contribution >= 0.6 is 0 Å². The summed E-state index contributed by atoms with van der Waals surface area (Å²) in [5.41, 5.74) is 0. The molecule has 0 aromatic carbocycles. The molecule has 7 unspecified atom stereocenters. The van der Waals surface area contributed by atoms with Gasteiger partial charge in [0.1, 0.15) is 24.4 Å². The van der Waals surface area contributed by atoms with Crippen molar-refractivity contribution in [3.8, 4) is 0 Å². The Labute approximate surface area is 369 Å². The summed E-state index contributed by atoms with van der Waals surface area (Å²) < 4.78 is 11.2. The van der Waals surface area contributed by atoms with Crippen molar-refractivity contribution >= 4 is 5.91 Å². The van der Waals surface area contributed by atoms with Crippen molar-refractivity contribution in [1.82, 2.24) is 5.32 Å². The molecule has 0 bridgehead atoms. The fraction of sp³-hybridized carbons (Fsp3) is 0.902. The van der Waals surface area contributed by atoms with Crippen LogP contribution in [0, 0.1) is 0 Å². The van der Waals surface area contributed by atoms with Gasteiger partial charge < -0.3 is 40.3 Å². The second-order valence-electron chi connectivity index (χ2n) is 18.0. The normalized spacial score (nSPS) is 20.7. The van der Waals surface area contributed by atoms with Gasteiger partial charge in [-0.25, -0.2) is 0 Å². The second-order valence-corrected chi connectivity index (χ2v) is 18.0. The van der Waals surface area contributed by atoms with Gasteiger partial charge in [0.2, 0.25) is 5.91 Å². The first-order chi connectivity index (χ1) is 29.3. The number of hydrogen-bond acceptors (Lipinski definition) is 8. The Morgan fingerprint density at radius 3 is 1.35 bits per heavy atom. The highest BCUT2D eigenvalue weighted by molar-refractivity contribution is 5.76. The van der Waals surface area contributed by atoms with Gasteiger partial charge in [0, 0.05) is 6.42 Å². The summed E-state index contributed by atoms with van der Waals surface area (Å²) in [5.74, 6) is -0.180. The molecule has 1 rings (SSSR count). The number of aliphatic hydroxyl groups excluding tert-OH is 5. The number of ether oxygens (including phenoxy) is 2. The molecular weight excluding hydrogens is 755 g/mol. The Bertz CT molecular complexity index is 992. The molecule has 354 valence electrons. The summed E-state index contributed by atoms with van der Waals surface area (Å²) in [5, 5.41) is 54.3. The zero-order valence-corrected chi connectivity index (χ0v) is 39.0. The van der Waals surface area contributed by atoms with Crippen molar-refractivity contribution in [2.45, 2.75) is 281 Å². The molecule has 1 saturated heterocycles. The third-order valence-electron chi connectivity index (χ3n) is 12.3. The lowest BCUT2D eigenvalue weighted by Gasteiger charge is -2.40. The standard InChI is InChI=1S/C51H97NO8/c1-3-5-7-9-11-13-15-17-19-21-22-23-25-26-28-30-32-34-36-38-40-45(54)44(43-59-51-50(58)49(57)48(56)46(42-53)60-51)52-47(55)41-39-37-35-33-31-29-27-24-20-18-16-14-12-10-8-6-4-2/h18,20,38,40,44-46,48-51,53-54,56-58H,3-17,19,21-37,39,41-43H2,1-2H3,(H,52,55)/b20-18-,40-38+. The minimum absolute atomic E-state index is 0.180. The summed E-state index contributed by atoms with van der Waals surface area (Å²) in [6.45, 7) is 3.79. The van der Waals surface area contributed by atoms with Crippen molar-refractivity contribution in [3.63, 3.8) is 0 Å². The first kappa shape index (κ1) is 56.7. The molecule has 0 aliphatic carbocycles. The zero-order chi connectivity index (χ0) is 43.7. The topological polar surface area (TPSA) is 149 Å². The Balaban J connectivity index is 2.30. The van der Waals surface area contributed by atoms with E-state index in [2.05, 4.69) is 31.3 Å². The summed E-state index contributed by atoms with van der Waals surface area (Å²) >= 11 is 0. The lowest BCUT2D eigenvalue weighted by molar-refractivity contribution is -0.302. The SMILES string of the molecule is CCCCCCCC/C=C\CCCCCCCCCC(=O)NC(COC1OC(CO)C(O)C(O)C1O)C(O)/C=C/CCCCCCCCCCCCCCCCCCCC. The summed E-state index contributed by atoms with van der Waals surface area (Å²) in [7, 11) is 0. The van der Waals surface area contributed by atoms with E-state index >= 15 is 0 Å². The van der Waals surface area contributed by atoms with Crippen LogP contribution in [-0.2, 0) is 14.3 Å². The van der Waals surface area contributed by atoms with E-state index in [4.69, 9.17) is 9.47 Å². The molecule has 0 radical (unpaired) electrons. The minimum Gasteiger partial charge on any atom is -0.394 e. The Hall–Kier alpha value is -1.33. The van der Waals surface area contributed by atoms with E-state index in [0.717, 1.165) is 44.9 Å². The highest BCUT2D eigenvalue weighted by atomic mass is 16.7. The third-order valence-corrected chi connectivity index (χ3v) is 12.3. The van der Waals surface area contributed by atoms with Crippen molar-refractivity contribution in [2.75, 3.05) is 13.2 Å². The highest BCUT2D eigenvalue weighted by Crippen LogP contribution is 2.23. The maximum atomic E-state index is 13.0. The molecular formula is C51H97NO8. The van der Waals surface area contributed by atoms with Gasteiger partial charge in [0.25, 0.3) is 0 Å². The molecule has 0 saturated carbocycles. The molecule has 1 fully saturated rings. The number of carbonyl (C=O) groups excluding carboxylic acids is 1. The lowest BCUT2D eigenvalue weighted by atomic mass is 9.99. The number of rotatable bonds is 43. The minimum atomic E-state index is -1.57. The molecule has 1 heterocycles. The lowest BCUT2D eigenvalue weighted by Crippen LogP contribution is -2.60. The maximum absolute atomic E-state index is 13.0. The van der Waals surface area contributed by atoms with Crippen LogP contribution in [0.5, 0.6) is 0 Å². The molecule has 1 aliphatic heterocycles. The largest absolute Gasteiger partial charge is 0.394 e. The van der Waals surface area contributed by atoms with Gasteiger partial charge in [-0.2, -0.15) is 0 Å². The van der Waals surface area contributed by atoms with E-state index in [0.29, 0.717) is 6.42 Å². The van der Waals surface area contributed by atoms with Crippen LogP contribution in [0.4, 0.5) is 0 Å². The monoisotopic (exact) mass is 852 g/mol. The number of amides is 1. The van der Waals surface area contributed by atoms with E-state index in [1.807, 2.05) is 6.08 Å². The van der Waals surface area contributed by atoms with E-state index in [1.54, 1.807) is 6.08 Å². The molecule has 1 aliphatic rings. The van der Waals surface area contributed by atoms with E-state index in [9.17, 15) is 30.3 Å². The van der Waals surface area contributed by atoms with Crippen LogP contribution in [0.15, 0.2) is 24.3 Å².